The molecule has 0 aliphatic heterocycles. The first-order valence-corrected chi connectivity index (χ1v) is 11.6. The molecule has 178 valence electrons. The van der Waals surface area contributed by atoms with E-state index in [4.69, 9.17) is 4.74 Å². The topological polar surface area (TPSA) is 118 Å². The summed E-state index contributed by atoms with van der Waals surface area (Å²) in [6.07, 6.45) is 2.71. The number of carboxylic acid groups (broad SMARTS) is 1. The molecule has 1 aromatic heterocycles. The van der Waals surface area contributed by atoms with E-state index in [-0.39, 0.29) is 18.2 Å². The van der Waals surface area contributed by atoms with Gasteiger partial charge in [0.2, 0.25) is 0 Å². The summed E-state index contributed by atoms with van der Waals surface area (Å²) in [5.41, 5.74) is 5.11. The quantitative estimate of drug-likeness (QED) is 0.490. The number of carbonyl (C=O) groups excluding carboxylic acids is 2. The molecule has 1 saturated carbocycles. The van der Waals surface area contributed by atoms with Gasteiger partial charge in [0.05, 0.1) is 17.8 Å². The summed E-state index contributed by atoms with van der Waals surface area (Å²) in [7, 11) is 0. The Morgan fingerprint density at radius 2 is 1.63 bits per heavy atom. The van der Waals surface area contributed by atoms with Gasteiger partial charge < -0.3 is 15.2 Å². The van der Waals surface area contributed by atoms with E-state index in [9.17, 15) is 19.5 Å². The summed E-state index contributed by atoms with van der Waals surface area (Å²) < 4.78 is 5.53. The van der Waals surface area contributed by atoms with Crippen molar-refractivity contribution in [2.75, 3.05) is 11.9 Å². The summed E-state index contributed by atoms with van der Waals surface area (Å²) in [5.74, 6) is -1.95. The Balaban J connectivity index is 1.18. The van der Waals surface area contributed by atoms with Crippen molar-refractivity contribution in [3.05, 3.63) is 83.7 Å². The van der Waals surface area contributed by atoms with Crippen LogP contribution in [-0.4, -0.2) is 40.7 Å². The Morgan fingerprint density at radius 3 is 2.26 bits per heavy atom. The highest BCUT2D eigenvalue weighted by atomic mass is 16.5. The predicted octanol–water partition coefficient (Wildman–Crippen LogP) is 4.43. The van der Waals surface area contributed by atoms with Crippen LogP contribution in [0.2, 0.25) is 0 Å². The van der Waals surface area contributed by atoms with Crippen LogP contribution in [0.1, 0.15) is 46.8 Å². The van der Waals surface area contributed by atoms with Gasteiger partial charge in [0, 0.05) is 12.0 Å². The third kappa shape index (κ3) is 4.59. The van der Waals surface area contributed by atoms with Gasteiger partial charge in [-0.1, -0.05) is 55.0 Å². The fourth-order valence-electron chi connectivity index (χ4n) is 5.03. The van der Waals surface area contributed by atoms with Gasteiger partial charge in [-0.3, -0.25) is 14.9 Å². The molecule has 2 amide bonds. The summed E-state index contributed by atoms with van der Waals surface area (Å²) in [6, 6.07) is 18.9. The molecule has 2 atom stereocenters. The SMILES string of the molecule is O=C(Nc1ccc(C(=O)NC2CCCC2C(=O)O)nc1)OCC1c2ccccc2-c2ccccc21. The second kappa shape index (κ2) is 9.58. The lowest BCUT2D eigenvalue weighted by atomic mass is 9.98. The van der Waals surface area contributed by atoms with Crippen molar-refractivity contribution in [1.82, 2.24) is 10.3 Å². The van der Waals surface area contributed by atoms with Crippen molar-refractivity contribution in [1.29, 1.82) is 0 Å². The molecule has 0 spiro atoms. The lowest BCUT2D eigenvalue weighted by molar-refractivity contribution is -0.142. The largest absolute Gasteiger partial charge is 0.481 e. The van der Waals surface area contributed by atoms with E-state index in [2.05, 4.69) is 39.9 Å². The molecule has 1 heterocycles. The normalized spacial score (nSPS) is 18.4. The number of ether oxygens (including phenoxy) is 1. The van der Waals surface area contributed by atoms with Crippen molar-refractivity contribution in [2.24, 2.45) is 5.92 Å². The number of benzene rings is 2. The standard InChI is InChI=1S/C27H25N3O5/c31-25(30-23-11-5-10-21(23)26(32)33)24-13-12-16(14-28-24)29-27(34)35-15-22-19-8-3-1-6-17(19)18-7-2-4-9-20(18)22/h1-4,6-9,12-14,21-23H,5,10-11,15H2,(H,29,34)(H,30,31)(H,32,33). The minimum absolute atomic E-state index is 0.0393. The lowest BCUT2D eigenvalue weighted by Crippen LogP contribution is -2.40. The maximum absolute atomic E-state index is 12.5. The van der Waals surface area contributed by atoms with Gasteiger partial charge in [0.1, 0.15) is 12.3 Å². The van der Waals surface area contributed by atoms with Gasteiger partial charge in [0.25, 0.3) is 5.91 Å². The Labute approximate surface area is 202 Å². The van der Waals surface area contributed by atoms with E-state index < -0.39 is 29.9 Å². The summed E-state index contributed by atoms with van der Waals surface area (Å²) in [4.78, 5) is 40.3. The zero-order valence-electron chi connectivity index (χ0n) is 18.9. The van der Waals surface area contributed by atoms with Crippen molar-refractivity contribution < 1.29 is 24.2 Å². The average Bonchev–Trinajstić information content (AvgIpc) is 3.46. The maximum atomic E-state index is 12.5. The zero-order valence-corrected chi connectivity index (χ0v) is 18.9. The van der Waals surface area contributed by atoms with Gasteiger partial charge >= 0.3 is 12.1 Å². The molecule has 0 bridgehead atoms. The van der Waals surface area contributed by atoms with Gasteiger partial charge in [-0.2, -0.15) is 0 Å². The number of aliphatic carboxylic acids is 1. The number of amides is 2. The van der Waals surface area contributed by atoms with Gasteiger partial charge in [-0.15, -0.1) is 0 Å². The first-order chi connectivity index (χ1) is 17.0. The Kier molecular flexibility index (Phi) is 6.18. The van der Waals surface area contributed by atoms with Crippen molar-refractivity contribution >= 4 is 23.7 Å². The van der Waals surface area contributed by atoms with E-state index in [1.807, 2.05) is 24.3 Å². The number of rotatable bonds is 6. The highest BCUT2D eigenvalue weighted by Crippen LogP contribution is 2.44. The van der Waals surface area contributed by atoms with Gasteiger partial charge in [-0.05, 0) is 47.2 Å². The van der Waals surface area contributed by atoms with E-state index in [0.717, 1.165) is 28.7 Å². The van der Waals surface area contributed by atoms with Crippen LogP contribution in [0, 0.1) is 5.92 Å². The smallest absolute Gasteiger partial charge is 0.411 e. The molecule has 2 unspecified atom stereocenters. The van der Waals surface area contributed by atoms with Gasteiger partial charge in [-0.25, -0.2) is 9.78 Å². The third-order valence-electron chi connectivity index (χ3n) is 6.74. The molecule has 35 heavy (non-hydrogen) atoms. The number of anilines is 1. The highest BCUT2D eigenvalue weighted by Gasteiger charge is 2.34. The lowest BCUT2D eigenvalue weighted by Gasteiger charge is -2.17. The minimum Gasteiger partial charge on any atom is -0.481 e. The number of nitrogens with one attached hydrogen (secondary N) is 2. The van der Waals surface area contributed by atoms with Crippen molar-refractivity contribution in [3.8, 4) is 11.1 Å². The van der Waals surface area contributed by atoms with Crippen LogP contribution in [-0.2, 0) is 9.53 Å². The number of aromatic nitrogens is 1. The maximum Gasteiger partial charge on any atom is 0.411 e. The minimum atomic E-state index is -0.900. The summed E-state index contributed by atoms with van der Waals surface area (Å²) >= 11 is 0. The highest BCUT2D eigenvalue weighted by molar-refractivity contribution is 5.93. The molecular weight excluding hydrogens is 446 g/mol. The molecule has 8 heteroatoms. The first-order valence-electron chi connectivity index (χ1n) is 11.6. The van der Waals surface area contributed by atoms with E-state index >= 15 is 0 Å². The molecule has 3 N–H and O–H groups in total. The Hall–Kier alpha value is -4.20. The van der Waals surface area contributed by atoms with Gasteiger partial charge in [0.15, 0.2) is 0 Å². The number of hydrogen-bond acceptors (Lipinski definition) is 5. The number of carbonyl (C=O) groups is 3. The van der Waals surface area contributed by atoms with Crippen molar-refractivity contribution in [2.45, 2.75) is 31.2 Å². The van der Waals surface area contributed by atoms with Crippen LogP contribution < -0.4 is 10.6 Å². The second-order valence-corrected chi connectivity index (χ2v) is 8.84. The van der Waals surface area contributed by atoms with Crippen LogP contribution >= 0.6 is 0 Å². The van der Waals surface area contributed by atoms with Crippen LogP contribution in [0.3, 0.4) is 0 Å². The fraction of sp³-hybridized carbons (Fsp3) is 0.259. The first kappa shape index (κ1) is 22.6. The molecule has 0 radical (unpaired) electrons. The molecular formula is C27H25N3O5. The Bertz CT molecular complexity index is 1230. The summed E-state index contributed by atoms with van der Waals surface area (Å²) in [5, 5.41) is 14.7. The molecule has 2 aliphatic rings. The number of nitrogens with zero attached hydrogens (tertiary/aromatic N) is 1. The third-order valence-corrected chi connectivity index (χ3v) is 6.74. The van der Waals surface area contributed by atoms with Crippen molar-refractivity contribution in [3.63, 3.8) is 0 Å². The second-order valence-electron chi connectivity index (χ2n) is 8.84. The van der Waals surface area contributed by atoms with Crippen LogP contribution in [0.25, 0.3) is 11.1 Å². The van der Waals surface area contributed by atoms with E-state index in [0.29, 0.717) is 18.5 Å². The molecule has 0 saturated heterocycles. The predicted molar refractivity (Wildman–Crippen MR) is 129 cm³/mol. The molecule has 5 rings (SSSR count). The Morgan fingerprint density at radius 1 is 0.943 bits per heavy atom. The van der Waals surface area contributed by atoms with E-state index in [1.54, 1.807) is 6.07 Å². The average molecular weight is 472 g/mol. The number of hydrogen-bond donors (Lipinski definition) is 3. The number of pyridine rings is 1. The zero-order chi connectivity index (χ0) is 24.4. The van der Waals surface area contributed by atoms with Crippen LogP contribution in [0.4, 0.5) is 10.5 Å². The number of fused-ring (bicyclic) bond motifs is 3. The molecule has 8 nitrogen and oxygen atoms in total. The van der Waals surface area contributed by atoms with Crippen LogP contribution in [0.15, 0.2) is 66.9 Å². The monoisotopic (exact) mass is 471 g/mol. The number of carboxylic acids is 1. The molecule has 2 aromatic carbocycles. The molecule has 1 fully saturated rings. The summed E-state index contributed by atoms with van der Waals surface area (Å²) in [6.45, 7) is 0.194. The van der Waals surface area contributed by atoms with E-state index in [1.165, 1.54) is 12.3 Å². The molecule has 3 aromatic rings. The fourth-order valence-corrected chi connectivity index (χ4v) is 5.03. The molecule has 2 aliphatic carbocycles. The van der Waals surface area contributed by atoms with Crippen LogP contribution in [0.5, 0.6) is 0 Å².